The van der Waals surface area contributed by atoms with Gasteiger partial charge in [-0.15, -0.1) is 0 Å². The highest BCUT2D eigenvalue weighted by Gasteiger charge is 2.56. The molecule has 0 N–H and O–H groups in total. The number of carbonyl (C=O) groups is 3. The van der Waals surface area contributed by atoms with E-state index < -0.39 is 17.4 Å². The van der Waals surface area contributed by atoms with Crippen molar-refractivity contribution in [2.45, 2.75) is 25.7 Å². The van der Waals surface area contributed by atoms with Gasteiger partial charge in [-0.1, -0.05) is 0 Å². The molecule has 1 aliphatic heterocycles. The van der Waals surface area contributed by atoms with Gasteiger partial charge in [0.1, 0.15) is 5.75 Å². The molecule has 1 aromatic rings. The molecule has 0 aliphatic carbocycles. The molecule has 0 bridgehead atoms. The summed E-state index contributed by atoms with van der Waals surface area (Å²) in [6.45, 7) is 3.45. The lowest BCUT2D eigenvalue weighted by Gasteiger charge is -2.37. The number of hydrogen-bond donors (Lipinski definition) is 0. The monoisotopic (exact) mass is 335 g/mol. The molecule has 24 heavy (non-hydrogen) atoms. The Bertz CT molecular complexity index is 651. The first-order chi connectivity index (χ1) is 11.4. The van der Waals surface area contributed by atoms with Crippen LogP contribution in [0.25, 0.3) is 0 Å². The first kappa shape index (κ1) is 17.8. The Morgan fingerprint density at radius 3 is 2.25 bits per heavy atom. The third-order valence-electron chi connectivity index (χ3n) is 4.06. The topological polar surface area (TPSA) is 82.1 Å². The Kier molecular flexibility index (Phi) is 5.11. The van der Waals surface area contributed by atoms with E-state index in [4.69, 9.17) is 14.2 Å². The van der Waals surface area contributed by atoms with E-state index >= 15 is 0 Å². The Balaban J connectivity index is 2.74. The summed E-state index contributed by atoms with van der Waals surface area (Å²) in [5.41, 5.74) is -1.02. The fraction of sp³-hybridized carbons (Fsp3) is 0.471. The quantitative estimate of drug-likeness (QED) is 0.598. The van der Waals surface area contributed by atoms with E-state index in [1.807, 2.05) is 0 Å². The number of ether oxygens (including phenoxy) is 3. The van der Waals surface area contributed by atoms with E-state index in [0.29, 0.717) is 17.0 Å². The lowest BCUT2D eigenvalue weighted by atomic mass is 9.73. The fourth-order valence-corrected chi connectivity index (χ4v) is 2.81. The highest BCUT2D eigenvalue weighted by atomic mass is 16.6. The van der Waals surface area contributed by atoms with Crippen LogP contribution in [0.4, 0.5) is 5.69 Å². The predicted octanol–water partition coefficient (Wildman–Crippen LogP) is 1.43. The molecule has 0 spiro atoms. The summed E-state index contributed by atoms with van der Waals surface area (Å²) >= 11 is 0. The van der Waals surface area contributed by atoms with Crippen molar-refractivity contribution in [2.24, 2.45) is 0 Å². The second-order valence-electron chi connectivity index (χ2n) is 5.36. The molecule has 7 heteroatoms. The van der Waals surface area contributed by atoms with Gasteiger partial charge in [0, 0.05) is 18.3 Å². The Hall–Kier alpha value is -2.57. The zero-order chi connectivity index (χ0) is 17.9. The molecular formula is C17H21NO6. The third-order valence-corrected chi connectivity index (χ3v) is 4.06. The molecule has 7 nitrogen and oxygen atoms in total. The molecule has 0 saturated carbocycles. The third kappa shape index (κ3) is 2.70. The van der Waals surface area contributed by atoms with Crippen LogP contribution in [0.15, 0.2) is 18.2 Å². The zero-order valence-electron chi connectivity index (χ0n) is 14.3. The van der Waals surface area contributed by atoms with Gasteiger partial charge in [-0.05, 0) is 32.0 Å². The average Bonchev–Trinajstić information content (AvgIpc) is 2.58. The molecule has 0 atom stereocenters. The normalized spacial score (nSPS) is 15.5. The summed E-state index contributed by atoms with van der Waals surface area (Å²) in [6.07, 6.45) is -0.346. The van der Waals surface area contributed by atoms with Gasteiger partial charge >= 0.3 is 11.9 Å². The van der Waals surface area contributed by atoms with Crippen molar-refractivity contribution >= 4 is 23.5 Å². The van der Waals surface area contributed by atoms with Crippen molar-refractivity contribution in [3.05, 3.63) is 23.8 Å². The van der Waals surface area contributed by atoms with Crippen LogP contribution in [-0.2, 0) is 29.3 Å². The fourth-order valence-electron chi connectivity index (χ4n) is 2.81. The Labute approximate surface area is 140 Å². The van der Waals surface area contributed by atoms with Crippen molar-refractivity contribution in [3.8, 4) is 5.75 Å². The van der Waals surface area contributed by atoms with Crippen LogP contribution in [0.3, 0.4) is 0 Å². The summed E-state index contributed by atoms with van der Waals surface area (Å²) in [7, 11) is 3.07. The first-order valence-electron chi connectivity index (χ1n) is 7.71. The summed E-state index contributed by atoms with van der Waals surface area (Å²) in [4.78, 5) is 39.3. The van der Waals surface area contributed by atoms with Gasteiger partial charge in [0.25, 0.3) is 0 Å². The summed E-state index contributed by atoms with van der Waals surface area (Å²) in [5.74, 6) is -1.48. The van der Waals surface area contributed by atoms with Gasteiger partial charge in [0.15, 0.2) is 0 Å². The molecule has 0 fully saturated rings. The maximum atomic E-state index is 12.7. The molecule has 0 unspecified atom stereocenters. The van der Waals surface area contributed by atoms with Crippen molar-refractivity contribution in [1.29, 1.82) is 0 Å². The molecule has 1 aromatic carbocycles. The van der Waals surface area contributed by atoms with Crippen LogP contribution in [0.2, 0.25) is 0 Å². The second-order valence-corrected chi connectivity index (χ2v) is 5.36. The smallest absolute Gasteiger partial charge is 0.328 e. The van der Waals surface area contributed by atoms with Crippen LogP contribution in [0.5, 0.6) is 5.75 Å². The molecule has 0 radical (unpaired) electrons. The second kappa shape index (κ2) is 6.90. The number of anilines is 1. The largest absolute Gasteiger partial charge is 0.497 e. The van der Waals surface area contributed by atoms with E-state index in [2.05, 4.69) is 0 Å². The highest BCUT2D eigenvalue weighted by molar-refractivity contribution is 6.15. The molecule has 0 saturated heterocycles. The van der Waals surface area contributed by atoms with Crippen LogP contribution in [0, 0.1) is 0 Å². The lowest BCUT2D eigenvalue weighted by molar-refractivity contribution is -0.167. The molecule has 1 heterocycles. The maximum Gasteiger partial charge on any atom is 0.328 e. The Morgan fingerprint density at radius 2 is 1.75 bits per heavy atom. The van der Waals surface area contributed by atoms with E-state index in [-0.39, 0.29) is 25.5 Å². The van der Waals surface area contributed by atoms with E-state index in [1.54, 1.807) is 39.1 Å². The van der Waals surface area contributed by atoms with Gasteiger partial charge in [-0.3, -0.25) is 14.4 Å². The molecule has 1 aliphatic rings. The van der Waals surface area contributed by atoms with Crippen LogP contribution in [0.1, 0.15) is 25.8 Å². The number of carbonyl (C=O) groups excluding carboxylic acids is 3. The number of esters is 2. The number of benzene rings is 1. The number of hydrogen-bond acceptors (Lipinski definition) is 6. The highest BCUT2D eigenvalue weighted by Crippen LogP contribution is 2.43. The van der Waals surface area contributed by atoms with Gasteiger partial charge < -0.3 is 19.1 Å². The van der Waals surface area contributed by atoms with E-state index in [9.17, 15) is 14.4 Å². The van der Waals surface area contributed by atoms with Crippen LogP contribution >= 0.6 is 0 Å². The lowest BCUT2D eigenvalue weighted by Crippen LogP contribution is -2.53. The Morgan fingerprint density at radius 1 is 1.17 bits per heavy atom. The summed E-state index contributed by atoms with van der Waals surface area (Å²) < 4.78 is 15.4. The maximum absolute atomic E-state index is 12.7. The minimum Gasteiger partial charge on any atom is -0.497 e. The van der Waals surface area contributed by atoms with E-state index in [0.717, 1.165) is 0 Å². The minimum atomic E-state index is -1.82. The number of fused-ring (bicyclic) bond motifs is 1. The molecule has 1 amide bonds. The van der Waals surface area contributed by atoms with Gasteiger partial charge in [-0.25, -0.2) is 0 Å². The minimum absolute atomic E-state index is 0.0866. The van der Waals surface area contributed by atoms with Crippen LogP contribution in [-0.4, -0.2) is 45.2 Å². The van der Waals surface area contributed by atoms with Gasteiger partial charge in [0.2, 0.25) is 11.3 Å². The summed E-state index contributed by atoms with van der Waals surface area (Å²) in [5, 5.41) is 0. The van der Waals surface area contributed by atoms with Crippen molar-refractivity contribution < 1.29 is 28.6 Å². The number of nitrogens with zero attached hydrogens (tertiary/aromatic N) is 1. The van der Waals surface area contributed by atoms with E-state index in [1.165, 1.54) is 12.0 Å². The first-order valence-corrected chi connectivity index (χ1v) is 7.71. The molecule has 0 aromatic heterocycles. The SMILES string of the molecule is CCOC(=O)C1(C(=O)OCC)CC(=O)N(C)c2ccc(OC)cc21. The number of methoxy groups -OCH3 is 1. The summed E-state index contributed by atoms with van der Waals surface area (Å²) in [6, 6.07) is 4.87. The zero-order valence-corrected chi connectivity index (χ0v) is 14.3. The predicted molar refractivity (Wildman–Crippen MR) is 86.0 cm³/mol. The molecular weight excluding hydrogens is 314 g/mol. The standard InChI is InChI=1S/C17H21NO6/c1-5-23-15(20)17(16(21)24-6-2)10-14(19)18(3)13-8-7-11(22-4)9-12(13)17/h7-9H,5-6,10H2,1-4H3. The van der Waals surface area contributed by atoms with Gasteiger partial charge in [0.05, 0.1) is 26.7 Å². The van der Waals surface area contributed by atoms with Gasteiger partial charge in [-0.2, -0.15) is 0 Å². The van der Waals surface area contributed by atoms with Crippen LogP contribution < -0.4 is 9.64 Å². The molecule has 2 rings (SSSR count). The van der Waals surface area contributed by atoms with Crippen molar-refractivity contribution in [2.75, 3.05) is 32.3 Å². The number of rotatable bonds is 5. The average molecular weight is 335 g/mol. The van der Waals surface area contributed by atoms with Crippen molar-refractivity contribution in [3.63, 3.8) is 0 Å². The molecule has 130 valence electrons. The number of amides is 1. The van der Waals surface area contributed by atoms with Crippen molar-refractivity contribution in [1.82, 2.24) is 0 Å².